The predicted octanol–water partition coefficient (Wildman–Crippen LogP) is 4.59. The minimum Gasteiger partial charge on any atom is -0.497 e. The Morgan fingerprint density at radius 3 is 2.04 bits per heavy atom. The molecule has 0 atom stereocenters. The van der Waals surface area contributed by atoms with Gasteiger partial charge in [-0.05, 0) is 24.3 Å². The van der Waals surface area contributed by atoms with Crippen LogP contribution in [0.5, 0.6) is 23.0 Å². The molecule has 136 valence electrons. The molecule has 0 saturated heterocycles. The van der Waals surface area contributed by atoms with Gasteiger partial charge in [0, 0.05) is 28.8 Å². The Balaban J connectivity index is 1.84. The second kappa shape index (κ2) is 7.97. The summed E-state index contributed by atoms with van der Waals surface area (Å²) in [6.07, 6.45) is 0. The zero-order chi connectivity index (χ0) is 18.5. The van der Waals surface area contributed by atoms with Crippen molar-refractivity contribution in [1.29, 1.82) is 0 Å². The maximum absolute atomic E-state index is 5.38. The highest BCUT2D eigenvalue weighted by molar-refractivity contribution is 7.14. The zero-order valence-electron chi connectivity index (χ0n) is 15.0. The third-order valence-electron chi connectivity index (χ3n) is 3.81. The number of hydrogen-bond donors (Lipinski definition) is 1. The van der Waals surface area contributed by atoms with Crippen molar-refractivity contribution in [3.63, 3.8) is 0 Å². The van der Waals surface area contributed by atoms with E-state index in [1.165, 1.54) is 11.3 Å². The maximum atomic E-state index is 5.38. The van der Waals surface area contributed by atoms with Crippen molar-refractivity contribution in [1.82, 2.24) is 4.98 Å². The molecule has 1 aromatic heterocycles. The highest BCUT2D eigenvalue weighted by Crippen LogP contribution is 2.41. The van der Waals surface area contributed by atoms with Crippen molar-refractivity contribution >= 4 is 22.2 Å². The number of nitrogens with one attached hydrogen (secondary N) is 1. The first-order chi connectivity index (χ1) is 12.7. The van der Waals surface area contributed by atoms with Crippen LogP contribution in [0.25, 0.3) is 11.3 Å². The van der Waals surface area contributed by atoms with Crippen LogP contribution in [-0.4, -0.2) is 33.4 Å². The van der Waals surface area contributed by atoms with E-state index in [9.17, 15) is 0 Å². The summed E-state index contributed by atoms with van der Waals surface area (Å²) in [5.74, 6) is 2.54. The minimum atomic E-state index is 0.554. The molecule has 0 fully saturated rings. The van der Waals surface area contributed by atoms with Crippen LogP contribution in [0.4, 0.5) is 10.8 Å². The molecule has 2 aromatic carbocycles. The van der Waals surface area contributed by atoms with Gasteiger partial charge in [-0.2, -0.15) is 0 Å². The molecule has 3 aromatic rings. The molecule has 0 aliphatic carbocycles. The van der Waals surface area contributed by atoms with Crippen molar-refractivity contribution in [2.75, 3.05) is 33.8 Å². The highest BCUT2D eigenvalue weighted by atomic mass is 32.1. The molecule has 0 radical (unpaired) electrons. The normalized spacial score (nSPS) is 10.3. The molecule has 6 nitrogen and oxygen atoms in total. The summed E-state index contributed by atoms with van der Waals surface area (Å²) in [6, 6.07) is 11.5. The SMILES string of the molecule is COc1ccc(-c2csc(Nc3cc(OC)c(OC)c(OC)c3)n2)cc1. The van der Waals surface area contributed by atoms with Crippen LogP contribution < -0.4 is 24.3 Å². The Kier molecular flexibility index (Phi) is 5.48. The Hall–Kier alpha value is -2.93. The van der Waals surface area contributed by atoms with E-state index in [2.05, 4.69) is 10.3 Å². The Morgan fingerprint density at radius 2 is 1.50 bits per heavy atom. The predicted molar refractivity (Wildman–Crippen MR) is 103 cm³/mol. The molecule has 7 heteroatoms. The summed E-state index contributed by atoms with van der Waals surface area (Å²) >= 11 is 1.52. The van der Waals surface area contributed by atoms with Gasteiger partial charge in [0.15, 0.2) is 16.6 Å². The molecule has 26 heavy (non-hydrogen) atoms. The lowest BCUT2D eigenvalue weighted by Gasteiger charge is -2.14. The second-order valence-electron chi connectivity index (χ2n) is 5.31. The van der Waals surface area contributed by atoms with E-state index >= 15 is 0 Å². The van der Waals surface area contributed by atoms with E-state index in [-0.39, 0.29) is 0 Å². The molecular formula is C19H20N2O4S. The van der Waals surface area contributed by atoms with Gasteiger partial charge >= 0.3 is 0 Å². The number of hydrogen-bond acceptors (Lipinski definition) is 7. The number of aromatic nitrogens is 1. The molecule has 0 unspecified atom stereocenters. The Labute approximate surface area is 156 Å². The molecule has 0 saturated carbocycles. The smallest absolute Gasteiger partial charge is 0.203 e. The van der Waals surface area contributed by atoms with E-state index in [1.807, 2.05) is 41.8 Å². The summed E-state index contributed by atoms with van der Waals surface area (Å²) in [4.78, 5) is 4.64. The molecule has 0 amide bonds. The number of ether oxygens (including phenoxy) is 4. The topological polar surface area (TPSA) is 61.8 Å². The fraction of sp³-hybridized carbons (Fsp3) is 0.211. The van der Waals surface area contributed by atoms with Gasteiger partial charge in [-0.1, -0.05) is 0 Å². The van der Waals surface area contributed by atoms with Crippen molar-refractivity contribution in [2.45, 2.75) is 0 Å². The fourth-order valence-electron chi connectivity index (χ4n) is 2.50. The van der Waals surface area contributed by atoms with Gasteiger partial charge in [-0.15, -0.1) is 11.3 Å². The molecular weight excluding hydrogens is 352 g/mol. The van der Waals surface area contributed by atoms with Crippen molar-refractivity contribution in [2.24, 2.45) is 0 Å². The van der Waals surface area contributed by atoms with E-state index in [4.69, 9.17) is 18.9 Å². The van der Waals surface area contributed by atoms with Gasteiger partial charge in [-0.3, -0.25) is 0 Å². The lowest BCUT2D eigenvalue weighted by atomic mass is 10.2. The number of anilines is 2. The Morgan fingerprint density at radius 1 is 0.846 bits per heavy atom. The number of benzene rings is 2. The van der Waals surface area contributed by atoms with E-state index in [0.717, 1.165) is 27.8 Å². The first kappa shape index (κ1) is 17.9. The largest absolute Gasteiger partial charge is 0.497 e. The van der Waals surface area contributed by atoms with Gasteiger partial charge in [0.25, 0.3) is 0 Å². The second-order valence-corrected chi connectivity index (χ2v) is 6.16. The molecule has 0 spiro atoms. The van der Waals surface area contributed by atoms with Crippen LogP contribution in [0.15, 0.2) is 41.8 Å². The monoisotopic (exact) mass is 372 g/mol. The third-order valence-corrected chi connectivity index (χ3v) is 4.56. The molecule has 3 rings (SSSR count). The van der Waals surface area contributed by atoms with Gasteiger partial charge in [-0.25, -0.2) is 4.98 Å². The van der Waals surface area contributed by atoms with Crippen LogP contribution in [-0.2, 0) is 0 Å². The number of rotatable bonds is 7. The van der Waals surface area contributed by atoms with Gasteiger partial charge in [0.05, 0.1) is 34.1 Å². The average Bonchev–Trinajstić information content (AvgIpc) is 3.15. The maximum Gasteiger partial charge on any atom is 0.203 e. The van der Waals surface area contributed by atoms with Crippen molar-refractivity contribution in [3.05, 3.63) is 41.8 Å². The van der Waals surface area contributed by atoms with Crippen LogP contribution >= 0.6 is 11.3 Å². The zero-order valence-corrected chi connectivity index (χ0v) is 15.8. The quantitative estimate of drug-likeness (QED) is 0.655. The van der Waals surface area contributed by atoms with Gasteiger partial charge in [0.1, 0.15) is 5.75 Å². The lowest BCUT2D eigenvalue weighted by Crippen LogP contribution is -1.97. The van der Waals surface area contributed by atoms with Crippen LogP contribution in [0.1, 0.15) is 0 Å². The van der Waals surface area contributed by atoms with Gasteiger partial charge < -0.3 is 24.3 Å². The standard InChI is InChI=1S/C19H20N2O4S/c1-22-14-7-5-12(6-8-14)15-11-26-19(21-15)20-13-9-16(23-2)18(25-4)17(10-13)24-3/h5-11H,1-4H3,(H,20,21). The summed E-state index contributed by atoms with van der Waals surface area (Å²) < 4.78 is 21.3. The highest BCUT2D eigenvalue weighted by Gasteiger charge is 2.14. The van der Waals surface area contributed by atoms with Crippen LogP contribution in [0.2, 0.25) is 0 Å². The number of thiazole rings is 1. The van der Waals surface area contributed by atoms with E-state index in [0.29, 0.717) is 17.2 Å². The van der Waals surface area contributed by atoms with Crippen molar-refractivity contribution in [3.8, 4) is 34.3 Å². The van der Waals surface area contributed by atoms with E-state index < -0.39 is 0 Å². The molecule has 1 heterocycles. The summed E-state index contributed by atoms with van der Waals surface area (Å²) in [6.45, 7) is 0. The molecule has 0 bridgehead atoms. The van der Waals surface area contributed by atoms with Crippen molar-refractivity contribution < 1.29 is 18.9 Å². The van der Waals surface area contributed by atoms with E-state index in [1.54, 1.807) is 28.4 Å². The first-order valence-corrected chi connectivity index (χ1v) is 8.73. The van der Waals surface area contributed by atoms with Crippen LogP contribution in [0, 0.1) is 0 Å². The minimum absolute atomic E-state index is 0.554. The molecule has 1 N–H and O–H groups in total. The average molecular weight is 372 g/mol. The third kappa shape index (κ3) is 3.67. The van der Waals surface area contributed by atoms with Crippen LogP contribution in [0.3, 0.4) is 0 Å². The summed E-state index contributed by atoms with van der Waals surface area (Å²) in [5.41, 5.74) is 2.72. The Bertz CT molecular complexity index is 852. The van der Waals surface area contributed by atoms with Gasteiger partial charge in [0.2, 0.25) is 5.75 Å². The molecule has 0 aliphatic rings. The summed E-state index contributed by atoms with van der Waals surface area (Å²) in [5, 5.41) is 6.06. The first-order valence-electron chi connectivity index (χ1n) is 7.85. The number of methoxy groups -OCH3 is 4. The lowest BCUT2D eigenvalue weighted by molar-refractivity contribution is 0.324. The summed E-state index contributed by atoms with van der Waals surface area (Å²) in [7, 11) is 6.41. The molecule has 0 aliphatic heterocycles. The number of nitrogens with zero attached hydrogens (tertiary/aromatic N) is 1. The fourth-order valence-corrected chi connectivity index (χ4v) is 3.24.